The first kappa shape index (κ1) is 35.7. The van der Waals surface area contributed by atoms with E-state index in [2.05, 4.69) is 50.2 Å². The van der Waals surface area contributed by atoms with Crippen LogP contribution in [0.3, 0.4) is 0 Å². The summed E-state index contributed by atoms with van der Waals surface area (Å²) in [5.74, 6) is 2.68. The van der Waals surface area contributed by atoms with Crippen LogP contribution < -0.4 is 10.5 Å². The summed E-state index contributed by atoms with van der Waals surface area (Å²) in [5.41, 5.74) is 10.5. The minimum Gasteiger partial charge on any atom is -0.457 e. The van der Waals surface area contributed by atoms with Crippen molar-refractivity contribution < 1.29 is 18.6 Å². The minimum atomic E-state index is -3.57. The average Bonchev–Trinajstić information content (AvgIpc) is 3.51. The Kier molecular flexibility index (Phi) is 11.5. The highest BCUT2D eigenvalue weighted by Crippen LogP contribution is 2.31. The summed E-state index contributed by atoms with van der Waals surface area (Å²) in [5, 5.41) is 10.5. The minimum absolute atomic E-state index is 0.0560. The maximum absolute atomic E-state index is 14.0. The normalized spacial score (nSPS) is 13.0. The molecule has 0 radical (unpaired) electrons. The van der Waals surface area contributed by atoms with Gasteiger partial charge in [-0.05, 0) is 88.7 Å². The van der Waals surface area contributed by atoms with Crippen LogP contribution in [0.4, 0.5) is 8.78 Å². The summed E-state index contributed by atoms with van der Waals surface area (Å²) in [6.07, 6.45) is 8.98. The Morgan fingerprint density at radius 3 is 2.12 bits per heavy atom. The number of imidazole rings is 1. The standard InChI is InChI=1S/C41H42ClF2N3O2/c1-5-6-34(42)16-7-28(4)39-25-47(35-17-22-38(41(43,44)45)33(24-35)26-48)40(46-39)23-29-8-10-31(11-9-29)32-14-20-37(21-15-32)49-36-18-12-30(13-19-36)27(2)3/h6-22,24-25,27-28,48H,5,23,26,45H2,1-4H3/b16-7-,34-6+. The van der Waals surface area contributed by atoms with Crippen LogP contribution in [0.15, 0.2) is 120 Å². The molecule has 0 aliphatic rings. The van der Waals surface area contributed by atoms with Gasteiger partial charge >= 0.3 is 6.05 Å². The first-order valence-corrected chi connectivity index (χ1v) is 16.8. The van der Waals surface area contributed by atoms with Gasteiger partial charge in [-0.3, -0.25) is 5.73 Å². The number of aromatic nitrogens is 2. The molecule has 0 aliphatic heterocycles. The summed E-state index contributed by atoms with van der Waals surface area (Å²) in [4.78, 5) is 4.97. The van der Waals surface area contributed by atoms with Crippen molar-refractivity contribution in [3.05, 3.63) is 154 Å². The van der Waals surface area contributed by atoms with E-state index in [4.69, 9.17) is 27.1 Å². The number of ether oxygens (including phenoxy) is 1. The maximum Gasteiger partial charge on any atom is 0.327 e. The third-order valence-electron chi connectivity index (χ3n) is 8.39. The Labute approximate surface area is 292 Å². The van der Waals surface area contributed by atoms with Crippen molar-refractivity contribution in [1.82, 2.24) is 9.55 Å². The molecule has 0 fully saturated rings. The van der Waals surface area contributed by atoms with Crippen molar-refractivity contribution in [2.45, 2.75) is 65.0 Å². The maximum atomic E-state index is 14.0. The number of alkyl halides is 2. The molecule has 1 unspecified atom stereocenters. The van der Waals surface area contributed by atoms with Crippen LogP contribution in [0.5, 0.6) is 11.5 Å². The van der Waals surface area contributed by atoms with Crippen LogP contribution in [0.25, 0.3) is 16.8 Å². The molecule has 4 aromatic carbocycles. The number of aliphatic hydroxyl groups is 1. The van der Waals surface area contributed by atoms with E-state index in [-0.39, 0.29) is 11.5 Å². The van der Waals surface area contributed by atoms with E-state index in [0.29, 0.717) is 23.1 Å². The van der Waals surface area contributed by atoms with Crippen molar-refractivity contribution in [2.24, 2.45) is 5.73 Å². The van der Waals surface area contributed by atoms with Gasteiger partial charge in [-0.25, -0.2) is 4.98 Å². The number of nitrogens with zero attached hydrogens (tertiary/aromatic N) is 2. The zero-order chi connectivity index (χ0) is 35.1. The molecule has 254 valence electrons. The van der Waals surface area contributed by atoms with Gasteiger partial charge in [0.25, 0.3) is 0 Å². The van der Waals surface area contributed by atoms with Gasteiger partial charge in [0.1, 0.15) is 17.3 Å². The van der Waals surface area contributed by atoms with Gasteiger partial charge in [-0.15, -0.1) is 0 Å². The fourth-order valence-electron chi connectivity index (χ4n) is 5.56. The van der Waals surface area contributed by atoms with Crippen molar-refractivity contribution >= 4 is 11.6 Å². The van der Waals surface area contributed by atoms with Crippen LogP contribution >= 0.6 is 11.6 Å². The number of benzene rings is 4. The SMILES string of the molecule is CC/C=C(Cl)\C=C/C(C)c1cn(-c2ccc(C(N)(F)F)c(CO)c2)c(Cc2ccc(-c3ccc(Oc4ccc(C(C)C)cc4)cc3)cc2)n1. The predicted octanol–water partition coefficient (Wildman–Crippen LogP) is 10.7. The molecule has 5 nitrogen and oxygen atoms in total. The molecule has 1 aromatic heterocycles. The molecular weight excluding hydrogens is 640 g/mol. The molecule has 0 aliphatic carbocycles. The van der Waals surface area contributed by atoms with Gasteiger partial charge in [0.15, 0.2) is 0 Å². The average molecular weight is 682 g/mol. The van der Waals surface area contributed by atoms with Gasteiger partial charge in [0.05, 0.1) is 12.3 Å². The number of hydrogen-bond acceptors (Lipinski definition) is 4. The topological polar surface area (TPSA) is 73.3 Å². The fraction of sp³-hybridized carbons (Fsp3) is 0.244. The van der Waals surface area contributed by atoms with E-state index in [1.165, 1.54) is 17.7 Å². The first-order chi connectivity index (χ1) is 23.4. The molecular formula is C41H42ClF2N3O2. The highest BCUT2D eigenvalue weighted by molar-refractivity contribution is 6.31. The van der Waals surface area contributed by atoms with E-state index in [9.17, 15) is 13.9 Å². The third-order valence-corrected chi connectivity index (χ3v) is 8.67. The van der Waals surface area contributed by atoms with Crippen molar-refractivity contribution in [3.8, 4) is 28.3 Å². The van der Waals surface area contributed by atoms with Crippen LogP contribution in [-0.2, 0) is 19.1 Å². The Morgan fingerprint density at radius 1 is 0.939 bits per heavy atom. The highest BCUT2D eigenvalue weighted by atomic mass is 35.5. The molecule has 5 rings (SSSR count). The number of nitrogens with two attached hydrogens (primary N) is 1. The number of rotatable bonds is 13. The Bertz CT molecular complexity index is 1910. The monoisotopic (exact) mass is 681 g/mol. The molecule has 0 bridgehead atoms. The molecule has 0 saturated heterocycles. The molecule has 1 heterocycles. The molecule has 0 amide bonds. The van der Waals surface area contributed by atoms with Crippen LogP contribution in [0.2, 0.25) is 0 Å². The molecule has 49 heavy (non-hydrogen) atoms. The molecule has 8 heteroatoms. The summed E-state index contributed by atoms with van der Waals surface area (Å²) in [6.45, 7) is 7.80. The van der Waals surface area contributed by atoms with E-state index >= 15 is 0 Å². The second-order valence-corrected chi connectivity index (χ2v) is 12.9. The summed E-state index contributed by atoms with van der Waals surface area (Å²) in [7, 11) is 0. The van der Waals surface area contributed by atoms with Gasteiger partial charge in [0, 0.05) is 34.8 Å². The first-order valence-electron chi connectivity index (χ1n) is 16.5. The van der Waals surface area contributed by atoms with Gasteiger partial charge in [-0.2, -0.15) is 8.78 Å². The van der Waals surface area contributed by atoms with Gasteiger partial charge in [0.2, 0.25) is 0 Å². The number of allylic oxidation sites excluding steroid dienone is 4. The number of aliphatic hydroxyl groups excluding tert-OH is 1. The van der Waals surface area contributed by atoms with Gasteiger partial charge in [-0.1, -0.05) is 100.0 Å². The summed E-state index contributed by atoms with van der Waals surface area (Å²) >= 11 is 6.30. The number of halogens is 3. The number of hydrogen-bond donors (Lipinski definition) is 2. The third kappa shape index (κ3) is 9.12. The fourth-order valence-corrected chi connectivity index (χ4v) is 5.79. The van der Waals surface area contributed by atoms with E-state index in [0.717, 1.165) is 46.1 Å². The molecule has 1 atom stereocenters. The lowest BCUT2D eigenvalue weighted by Crippen LogP contribution is -2.27. The molecule has 0 saturated carbocycles. The largest absolute Gasteiger partial charge is 0.457 e. The zero-order valence-corrected chi connectivity index (χ0v) is 29.0. The van der Waals surface area contributed by atoms with Crippen molar-refractivity contribution in [1.29, 1.82) is 0 Å². The molecule has 3 N–H and O–H groups in total. The Morgan fingerprint density at radius 2 is 1.55 bits per heavy atom. The lowest BCUT2D eigenvalue weighted by atomic mass is 10.0. The van der Waals surface area contributed by atoms with Crippen molar-refractivity contribution in [3.63, 3.8) is 0 Å². The lowest BCUT2D eigenvalue weighted by molar-refractivity contribution is 0.00102. The van der Waals surface area contributed by atoms with Gasteiger partial charge < -0.3 is 14.4 Å². The van der Waals surface area contributed by atoms with Crippen LogP contribution in [0.1, 0.15) is 79.7 Å². The molecule has 5 aromatic rings. The summed E-state index contributed by atoms with van der Waals surface area (Å²) < 4.78 is 36.0. The van der Waals surface area contributed by atoms with E-state index < -0.39 is 18.2 Å². The molecule has 0 spiro atoms. The second-order valence-electron chi connectivity index (χ2n) is 12.4. The van der Waals surface area contributed by atoms with E-state index in [1.807, 2.05) is 79.2 Å². The summed E-state index contributed by atoms with van der Waals surface area (Å²) in [6, 6.07) is 25.2. The zero-order valence-electron chi connectivity index (χ0n) is 28.2. The quantitative estimate of drug-likeness (QED) is 0.0958. The van der Waals surface area contributed by atoms with E-state index in [1.54, 1.807) is 6.07 Å². The van der Waals surface area contributed by atoms with Crippen LogP contribution in [-0.4, -0.2) is 14.7 Å². The Balaban J connectivity index is 1.38. The lowest BCUT2D eigenvalue weighted by Gasteiger charge is -2.16. The van der Waals surface area contributed by atoms with Crippen LogP contribution in [0, 0.1) is 0 Å². The highest BCUT2D eigenvalue weighted by Gasteiger charge is 2.28. The predicted molar refractivity (Wildman–Crippen MR) is 195 cm³/mol. The Hall–Kier alpha value is -4.56. The van der Waals surface area contributed by atoms with Crippen molar-refractivity contribution in [2.75, 3.05) is 0 Å². The smallest absolute Gasteiger partial charge is 0.327 e. The second kappa shape index (κ2) is 15.8.